The lowest BCUT2D eigenvalue weighted by Gasteiger charge is -2.11. The van der Waals surface area contributed by atoms with Crippen molar-refractivity contribution < 1.29 is 0 Å². The summed E-state index contributed by atoms with van der Waals surface area (Å²) in [6.45, 7) is 2.71. The highest BCUT2D eigenvalue weighted by atomic mass is 32.1. The molecule has 4 N–H and O–H groups in total. The molecule has 2 aromatic rings. The molecule has 0 saturated heterocycles. The molecule has 0 heterocycles. The highest BCUT2D eigenvalue weighted by Crippen LogP contribution is 2.09. The zero-order valence-corrected chi connectivity index (χ0v) is 11.6. The lowest BCUT2D eigenvalue weighted by atomic mass is 10.2. The molecule has 0 bridgehead atoms. The van der Waals surface area contributed by atoms with Gasteiger partial charge in [0.25, 0.3) is 0 Å². The molecule has 0 atom stereocenters. The third-order valence-corrected chi connectivity index (χ3v) is 2.96. The number of nitrogens with two attached hydrogens (primary N) is 1. The van der Waals surface area contributed by atoms with Crippen LogP contribution in [0.25, 0.3) is 0 Å². The number of thiocarbonyl (C=S) groups is 1. The van der Waals surface area contributed by atoms with Crippen LogP contribution in [0, 0.1) is 6.92 Å². The van der Waals surface area contributed by atoms with Crippen LogP contribution in [0.15, 0.2) is 48.5 Å². The van der Waals surface area contributed by atoms with Gasteiger partial charge in [0.05, 0.1) is 0 Å². The second-order valence-electron chi connectivity index (χ2n) is 4.42. The molecule has 0 aliphatic heterocycles. The van der Waals surface area contributed by atoms with Crippen LogP contribution >= 0.6 is 12.2 Å². The fourth-order valence-corrected chi connectivity index (χ4v) is 1.89. The zero-order valence-electron chi connectivity index (χ0n) is 10.8. The Hall–Kier alpha value is -2.07. The standard InChI is InChI=1S/C15H17N3S/c1-11-5-7-14(8-6-11)18-15(19)17-10-12-3-2-4-13(16)9-12/h2-9H,10,16H2,1H3,(H2,17,18,19). The summed E-state index contributed by atoms with van der Waals surface area (Å²) in [6.07, 6.45) is 0. The van der Waals surface area contributed by atoms with Crippen LogP contribution in [-0.4, -0.2) is 5.11 Å². The van der Waals surface area contributed by atoms with Crippen molar-refractivity contribution in [2.45, 2.75) is 13.5 Å². The van der Waals surface area contributed by atoms with Crippen LogP contribution in [0.1, 0.15) is 11.1 Å². The molecule has 98 valence electrons. The van der Waals surface area contributed by atoms with Crippen LogP contribution < -0.4 is 16.4 Å². The van der Waals surface area contributed by atoms with Crippen LogP contribution in [-0.2, 0) is 6.54 Å². The van der Waals surface area contributed by atoms with Crippen molar-refractivity contribution in [2.24, 2.45) is 0 Å². The maximum atomic E-state index is 5.73. The van der Waals surface area contributed by atoms with E-state index in [2.05, 4.69) is 17.6 Å². The van der Waals surface area contributed by atoms with Gasteiger partial charge in [-0.3, -0.25) is 0 Å². The summed E-state index contributed by atoms with van der Waals surface area (Å²) in [5, 5.41) is 6.90. The first-order valence-corrected chi connectivity index (χ1v) is 6.50. The average molecular weight is 271 g/mol. The van der Waals surface area contributed by atoms with Crippen molar-refractivity contribution in [2.75, 3.05) is 11.1 Å². The van der Waals surface area contributed by atoms with Crippen molar-refractivity contribution in [3.05, 3.63) is 59.7 Å². The Balaban J connectivity index is 1.86. The lowest BCUT2D eigenvalue weighted by molar-refractivity contribution is 0.926. The number of hydrogen-bond donors (Lipinski definition) is 3. The van der Waals surface area contributed by atoms with Crippen molar-refractivity contribution in [3.63, 3.8) is 0 Å². The molecule has 0 aliphatic rings. The minimum absolute atomic E-state index is 0.603. The maximum Gasteiger partial charge on any atom is 0.171 e. The second-order valence-corrected chi connectivity index (χ2v) is 4.83. The third-order valence-electron chi connectivity index (χ3n) is 2.71. The van der Waals surface area contributed by atoms with Crippen LogP contribution in [0.3, 0.4) is 0 Å². The summed E-state index contributed by atoms with van der Waals surface area (Å²) < 4.78 is 0. The molecule has 2 aromatic carbocycles. The largest absolute Gasteiger partial charge is 0.399 e. The van der Waals surface area contributed by atoms with Crippen molar-refractivity contribution in [3.8, 4) is 0 Å². The van der Waals surface area contributed by atoms with Gasteiger partial charge in [-0.15, -0.1) is 0 Å². The molecular weight excluding hydrogens is 254 g/mol. The molecule has 0 unspecified atom stereocenters. The SMILES string of the molecule is Cc1ccc(NC(=S)NCc2cccc(N)c2)cc1. The smallest absolute Gasteiger partial charge is 0.171 e. The van der Waals surface area contributed by atoms with E-state index in [9.17, 15) is 0 Å². The Bertz CT molecular complexity index is 564. The van der Waals surface area contributed by atoms with Gasteiger partial charge in [-0.1, -0.05) is 29.8 Å². The molecule has 0 aliphatic carbocycles. The van der Waals surface area contributed by atoms with Gasteiger partial charge in [0, 0.05) is 17.9 Å². The number of benzene rings is 2. The van der Waals surface area contributed by atoms with E-state index in [0.29, 0.717) is 11.7 Å². The van der Waals surface area contributed by atoms with Gasteiger partial charge in [0.2, 0.25) is 0 Å². The van der Waals surface area contributed by atoms with Crippen LogP contribution in [0.2, 0.25) is 0 Å². The van der Waals surface area contributed by atoms with E-state index in [1.807, 2.05) is 48.5 Å². The molecule has 0 amide bonds. The number of rotatable bonds is 3. The van der Waals surface area contributed by atoms with Crippen molar-refractivity contribution >= 4 is 28.7 Å². The lowest BCUT2D eigenvalue weighted by Crippen LogP contribution is -2.27. The first-order chi connectivity index (χ1) is 9.13. The first-order valence-electron chi connectivity index (χ1n) is 6.09. The summed E-state index contributed by atoms with van der Waals surface area (Å²) in [6, 6.07) is 15.8. The highest BCUT2D eigenvalue weighted by molar-refractivity contribution is 7.80. The topological polar surface area (TPSA) is 50.1 Å². The molecular formula is C15H17N3S. The number of hydrogen-bond acceptors (Lipinski definition) is 2. The summed E-state index contributed by atoms with van der Waals surface area (Å²) in [5.74, 6) is 0. The Morgan fingerprint density at radius 1 is 1.16 bits per heavy atom. The summed E-state index contributed by atoms with van der Waals surface area (Å²) >= 11 is 5.25. The minimum Gasteiger partial charge on any atom is -0.399 e. The van der Waals surface area contributed by atoms with E-state index in [1.165, 1.54) is 5.56 Å². The van der Waals surface area contributed by atoms with E-state index in [1.54, 1.807) is 0 Å². The van der Waals surface area contributed by atoms with Crippen molar-refractivity contribution in [1.82, 2.24) is 5.32 Å². The van der Waals surface area contributed by atoms with Crippen LogP contribution in [0.4, 0.5) is 11.4 Å². The molecule has 0 spiro atoms. The van der Waals surface area contributed by atoms with Gasteiger partial charge in [-0.2, -0.15) is 0 Å². The van der Waals surface area contributed by atoms with Crippen LogP contribution in [0.5, 0.6) is 0 Å². The van der Waals surface area contributed by atoms with Gasteiger partial charge in [0.15, 0.2) is 5.11 Å². The number of nitrogens with one attached hydrogen (secondary N) is 2. The molecule has 2 rings (SSSR count). The van der Waals surface area contributed by atoms with E-state index >= 15 is 0 Å². The zero-order chi connectivity index (χ0) is 13.7. The quantitative estimate of drug-likeness (QED) is 0.593. The monoisotopic (exact) mass is 271 g/mol. The number of aryl methyl sites for hydroxylation is 1. The Labute approximate surface area is 118 Å². The normalized spacial score (nSPS) is 9.95. The fraction of sp³-hybridized carbons (Fsp3) is 0.133. The summed E-state index contributed by atoms with van der Waals surface area (Å²) in [5.41, 5.74) is 9.80. The van der Waals surface area contributed by atoms with Crippen molar-refractivity contribution in [1.29, 1.82) is 0 Å². The summed E-state index contributed by atoms with van der Waals surface area (Å²) in [4.78, 5) is 0. The van der Waals surface area contributed by atoms with E-state index in [-0.39, 0.29) is 0 Å². The molecule has 0 aromatic heterocycles. The minimum atomic E-state index is 0.603. The molecule has 3 nitrogen and oxygen atoms in total. The van der Waals surface area contributed by atoms with Gasteiger partial charge in [0.1, 0.15) is 0 Å². The van der Waals surface area contributed by atoms with E-state index in [0.717, 1.165) is 16.9 Å². The predicted molar refractivity (Wildman–Crippen MR) is 85.1 cm³/mol. The maximum absolute atomic E-state index is 5.73. The first kappa shape index (κ1) is 13.4. The fourth-order valence-electron chi connectivity index (χ4n) is 1.70. The highest BCUT2D eigenvalue weighted by Gasteiger charge is 1.98. The summed E-state index contributed by atoms with van der Waals surface area (Å²) in [7, 11) is 0. The molecule has 0 saturated carbocycles. The number of anilines is 2. The molecule has 19 heavy (non-hydrogen) atoms. The van der Waals surface area contributed by atoms with Gasteiger partial charge in [-0.25, -0.2) is 0 Å². The average Bonchev–Trinajstić information content (AvgIpc) is 2.39. The Morgan fingerprint density at radius 3 is 2.58 bits per heavy atom. The van der Waals surface area contributed by atoms with Gasteiger partial charge in [-0.05, 0) is 49.0 Å². The van der Waals surface area contributed by atoms with Gasteiger partial charge < -0.3 is 16.4 Å². The second kappa shape index (κ2) is 6.20. The molecule has 0 fully saturated rings. The molecule has 0 radical (unpaired) electrons. The van der Waals surface area contributed by atoms with E-state index in [4.69, 9.17) is 18.0 Å². The third kappa shape index (κ3) is 4.26. The predicted octanol–water partition coefficient (Wildman–Crippen LogP) is 3.06. The Kier molecular flexibility index (Phi) is 4.36. The van der Waals surface area contributed by atoms with Gasteiger partial charge >= 0.3 is 0 Å². The molecule has 4 heteroatoms. The Morgan fingerprint density at radius 2 is 1.89 bits per heavy atom. The van der Waals surface area contributed by atoms with E-state index < -0.39 is 0 Å². The number of nitrogen functional groups attached to an aromatic ring is 1.